The third-order valence-electron chi connectivity index (χ3n) is 6.90. The molecular formula is C26H41N7O. The van der Waals surface area contributed by atoms with E-state index in [4.69, 9.17) is 14.7 Å². The number of piperidine rings is 1. The minimum Gasteiger partial charge on any atom is -0.496 e. The Labute approximate surface area is 204 Å². The normalized spacial score (nSPS) is 16.5. The predicted molar refractivity (Wildman–Crippen MR) is 140 cm³/mol. The third kappa shape index (κ3) is 5.91. The highest BCUT2D eigenvalue weighted by Gasteiger charge is 2.25. The van der Waals surface area contributed by atoms with Gasteiger partial charge in [-0.05, 0) is 58.3 Å². The zero-order valence-corrected chi connectivity index (χ0v) is 21.5. The van der Waals surface area contributed by atoms with Crippen molar-refractivity contribution in [2.45, 2.75) is 44.7 Å². The molecule has 1 aromatic heterocycles. The van der Waals surface area contributed by atoms with E-state index in [0.717, 1.165) is 75.9 Å². The fraction of sp³-hybridized carbons (Fsp3) is 0.615. The molecule has 0 saturated carbocycles. The summed E-state index contributed by atoms with van der Waals surface area (Å²) in [5.74, 6) is 2.78. The summed E-state index contributed by atoms with van der Waals surface area (Å²) in [7, 11) is 10.1. The molecular weight excluding hydrogens is 426 g/mol. The molecule has 186 valence electrons. The highest BCUT2D eigenvalue weighted by Crippen LogP contribution is 2.32. The molecule has 0 bridgehead atoms. The van der Waals surface area contributed by atoms with Crippen LogP contribution in [0.5, 0.6) is 5.75 Å². The Morgan fingerprint density at radius 2 is 1.88 bits per heavy atom. The van der Waals surface area contributed by atoms with Crippen molar-refractivity contribution in [3.05, 3.63) is 35.0 Å². The van der Waals surface area contributed by atoms with Crippen molar-refractivity contribution in [3.63, 3.8) is 0 Å². The Morgan fingerprint density at radius 1 is 1.09 bits per heavy atom. The van der Waals surface area contributed by atoms with Crippen molar-refractivity contribution in [3.8, 4) is 5.75 Å². The van der Waals surface area contributed by atoms with E-state index in [0.29, 0.717) is 6.04 Å². The number of ether oxygens (including phenoxy) is 1. The van der Waals surface area contributed by atoms with Gasteiger partial charge in [-0.25, -0.2) is 4.98 Å². The van der Waals surface area contributed by atoms with Gasteiger partial charge in [-0.3, -0.25) is 4.90 Å². The molecule has 1 aromatic carbocycles. The van der Waals surface area contributed by atoms with Gasteiger partial charge in [0.1, 0.15) is 11.6 Å². The first-order valence-electron chi connectivity index (χ1n) is 12.5. The van der Waals surface area contributed by atoms with Crippen LogP contribution in [0.15, 0.2) is 18.2 Å². The molecule has 2 aliphatic rings. The molecule has 1 fully saturated rings. The molecule has 0 atom stereocenters. The fourth-order valence-corrected chi connectivity index (χ4v) is 5.00. The van der Waals surface area contributed by atoms with E-state index in [1.807, 2.05) is 0 Å². The van der Waals surface area contributed by atoms with Gasteiger partial charge < -0.3 is 25.2 Å². The quantitative estimate of drug-likeness (QED) is 0.553. The standard InChI is InChI=1S/C26H41N7O/c1-31(2)17-14-27-26-29-22-9-6-8-20(22)25(30-26)28-19-12-15-33(16-13-19)18-21-23(32(3)4)10-7-11-24(21)34-5/h7,10-11,19H,6,8-9,12-18H2,1-5H3,(H2,27,28,29,30). The first-order chi connectivity index (χ1) is 16.4. The number of nitrogens with one attached hydrogen (secondary N) is 2. The van der Waals surface area contributed by atoms with Crippen molar-refractivity contribution >= 4 is 17.5 Å². The van der Waals surface area contributed by atoms with Gasteiger partial charge in [0.05, 0.1) is 12.8 Å². The second-order valence-corrected chi connectivity index (χ2v) is 9.95. The largest absolute Gasteiger partial charge is 0.496 e. The number of fused-ring (bicyclic) bond motifs is 1. The minimum absolute atomic E-state index is 0.441. The fourth-order valence-electron chi connectivity index (χ4n) is 5.00. The first kappa shape index (κ1) is 24.5. The number of rotatable bonds is 10. The van der Waals surface area contributed by atoms with Crippen LogP contribution in [-0.4, -0.2) is 87.3 Å². The predicted octanol–water partition coefficient (Wildman–Crippen LogP) is 3.09. The lowest BCUT2D eigenvalue weighted by molar-refractivity contribution is 0.209. The van der Waals surface area contributed by atoms with Crippen LogP contribution >= 0.6 is 0 Å². The molecule has 0 amide bonds. The minimum atomic E-state index is 0.441. The number of anilines is 3. The SMILES string of the molecule is COc1cccc(N(C)C)c1CN1CCC(Nc2nc(NCCN(C)C)nc3c2CCC3)CC1. The van der Waals surface area contributed by atoms with Gasteiger partial charge in [0.25, 0.3) is 0 Å². The zero-order valence-electron chi connectivity index (χ0n) is 21.5. The van der Waals surface area contributed by atoms with Gasteiger partial charge in [0, 0.05) is 69.7 Å². The topological polar surface area (TPSA) is 68.8 Å². The number of aromatic nitrogens is 2. The first-order valence-corrected chi connectivity index (χ1v) is 12.5. The van der Waals surface area contributed by atoms with Crippen molar-refractivity contribution in [2.75, 3.05) is 77.0 Å². The Morgan fingerprint density at radius 3 is 2.59 bits per heavy atom. The molecule has 4 rings (SSSR count). The number of likely N-dealkylation sites (tertiary alicyclic amines) is 1. The number of aryl methyl sites for hydroxylation is 1. The van der Waals surface area contributed by atoms with Crippen LogP contribution < -0.4 is 20.3 Å². The van der Waals surface area contributed by atoms with Crippen molar-refractivity contribution < 1.29 is 4.74 Å². The summed E-state index contributed by atoms with van der Waals surface area (Å²) in [5.41, 5.74) is 5.04. The summed E-state index contributed by atoms with van der Waals surface area (Å²) in [6.07, 6.45) is 5.52. The lowest BCUT2D eigenvalue weighted by Crippen LogP contribution is -2.39. The van der Waals surface area contributed by atoms with Crippen molar-refractivity contribution in [1.29, 1.82) is 0 Å². The summed E-state index contributed by atoms with van der Waals surface area (Å²) >= 11 is 0. The van der Waals surface area contributed by atoms with E-state index in [9.17, 15) is 0 Å². The third-order valence-corrected chi connectivity index (χ3v) is 6.90. The summed E-state index contributed by atoms with van der Waals surface area (Å²) < 4.78 is 5.68. The smallest absolute Gasteiger partial charge is 0.224 e. The maximum absolute atomic E-state index is 5.68. The Bertz CT molecular complexity index is 954. The molecule has 1 saturated heterocycles. The maximum Gasteiger partial charge on any atom is 0.224 e. The lowest BCUT2D eigenvalue weighted by atomic mass is 10.0. The van der Waals surface area contributed by atoms with E-state index in [-0.39, 0.29) is 0 Å². The van der Waals surface area contributed by atoms with Crippen LogP contribution in [0.4, 0.5) is 17.5 Å². The van der Waals surface area contributed by atoms with Crippen molar-refractivity contribution in [1.82, 2.24) is 19.8 Å². The molecule has 2 aromatic rings. The molecule has 1 aliphatic carbocycles. The Kier molecular flexibility index (Phi) is 8.11. The van der Waals surface area contributed by atoms with Crippen LogP contribution in [-0.2, 0) is 19.4 Å². The van der Waals surface area contributed by atoms with Gasteiger partial charge >= 0.3 is 0 Å². The Hall–Kier alpha value is -2.58. The molecule has 1 aliphatic heterocycles. The molecule has 2 N–H and O–H groups in total. The molecule has 34 heavy (non-hydrogen) atoms. The van der Waals surface area contributed by atoms with Gasteiger partial charge in [-0.15, -0.1) is 0 Å². The highest BCUT2D eigenvalue weighted by atomic mass is 16.5. The molecule has 0 radical (unpaired) electrons. The van der Waals surface area contributed by atoms with Crippen LogP contribution in [0.2, 0.25) is 0 Å². The maximum atomic E-state index is 5.68. The second kappa shape index (κ2) is 11.2. The average Bonchev–Trinajstić information content (AvgIpc) is 3.29. The number of benzene rings is 1. The molecule has 8 heteroatoms. The zero-order chi connectivity index (χ0) is 24.1. The molecule has 0 spiro atoms. The number of likely N-dealkylation sites (N-methyl/N-ethyl adjacent to an activating group) is 1. The summed E-state index contributed by atoms with van der Waals surface area (Å²) in [6, 6.07) is 6.75. The summed E-state index contributed by atoms with van der Waals surface area (Å²) in [4.78, 5) is 16.6. The number of hydrogen-bond acceptors (Lipinski definition) is 8. The van der Waals surface area contributed by atoms with Crippen LogP contribution in [0.25, 0.3) is 0 Å². The lowest BCUT2D eigenvalue weighted by Gasteiger charge is -2.34. The van der Waals surface area contributed by atoms with Crippen molar-refractivity contribution in [2.24, 2.45) is 0 Å². The average molecular weight is 468 g/mol. The van der Waals surface area contributed by atoms with E-state index < -0.39 is 0 Å². The van der Waals surface area contributed by atoms with Crippen LogP contribution in [0.1, 0.15) is 36.1 Å². The van der Waals surface area contributed by atoms with E-state index in [1.54, 1.807) is 7.11 Å². The number of nitrogens with zero attached hydrogens (tertiary/aromatic N) is 5. The summed E-state index contributed by atoms with van der Waals surface area (Å²) in [6.45, 7) is 4.84. The number of hydrogen-bond donors (Lipinski definition) is 2. The van der Waals surface area contributed by atoms with Gasteiger partial charge in [-0.1, -0.05) is 6.07 Å². The molecule has 8 nitrogen and oxygen atoms in total. The van der Waals surface area contributed by atoms with Gasteiger partial charge in [-0.2, -0.15) is 4.98 Å². The second-order valence-electron chi connectivity index (χ2n) is 9.95. The monoisotopic (exact) mass is 467 g/mol. The highest BCUT2D eigenvalue weighted by molar-refractivity contribution is 5.58. The molecule has 2 heterocycles. The van der Waals surface area contributed by atoms with Gasteiger partial charge in [0.2, 0.25) is 5.95 Å². The van der Waals surface area contributed by atoms with Crippen LogP contribution in [0, 0.1) is 0 Å². The van der Waals surface area contributed by atoms with E-state index in [2.05, 4.69) is 71.7 Å². The molecule has 0 unspecified atom stereocenters. The Balaban J connectivity index is 1.38. The number of methoxy groups -OCH3 is 1. The van der Waals surface area contributed by atoms with E-state index >= 15 is 0 Å². The van der Waals surface area contributed by atoms with Gasteiger partial charge in [0.15, 0.2) is 0 Å². The van der Waals surface area contributed by atoms with E-state index in [1.165, 1.54) is 28.9 Å². The van der Waals surface area contributed by atoms with Crippen LogP contribution in [0.3, 0.4) is 0 Å². The summed E-state index contributed by atoms with van der Waals surface area (Å²) in [5, 5.41) is 7.21.